The van der Waals surface area contributed by atoms with E-state index in [1.54, 1.807) is 12.5 Å². The van der Waals surface area contributed by atoms with E-state index < -0.39 is 0 Å². The number of hydrogen-bond donors (Lipinski definition) is 1. The Hall–Kier alpha value is -2.39. The van der Waals surface area contributed by atoms with E-state index in [9.17, 15) is 4.79 Å². The third-order valence-electron chi connectivity index (χ3n) is 4.66. The van der Waals surface area contributed by atoms with Crippen molar-refractivity contribution in [2.24, 2.45) is 0 Å². The third-order valence-corrected chi connectivity index (χ3v) is 5.73. The minimum atomic E-state index is 0.0535. The summed E-state index contributed by atoms with van der Waals surface area (Å²) in [5, 5.41) is 4.08. The van der Waals surface area contributed by atoms with Crippen LogP contribution < -0.4 is 10.9 Å². The van der Waals surface area contributed by atoms with Crippen LogP contribution in [0.1, 0.15) is 38.1 Å². The monoisotopic (exact) mass is 338 g/mol. The molecule has 1 aliphatic carbocycles. The lowest BCUT2D eigenvalue weighted by Gasteiger charge is -2.23. The Labute approximate surface area is 143 Å². The Morgan fingerprint density at radius 3 is 2.96 bits per heavy atom. The highest BCUT2D eigenvalue weighted by Crippen LogP contribution is 2.35. The van der Waals surface area contributed by atoms with E-state index in [1.807, 2.05) is 10.6 Å². The summed E-state index contributed by atoms with van der Waals surface area (Å²) in [4.78, 5) is 22.8. The third kappa shape index (κ3) is 2.45. The zero-order valence-corrected chi connectivity index (χ0v) is 14.1. The standard InChI is InChI=1S/C18H18N4OS/c1-2-9-19-13-8-10-20-17-14(13)15-16(24-17)18(23)22(11-21-15)12-6-4-3-5-7-12/h1,8,10-12H,3-7,9H2,(H,19,20). The molecular weight excluding hydrogens is 320 g/mol. The average molecular weight is 338 g/mol. The molecule has 1 N–H and O–H groups in total. The molecule has 0 bridgehead atoms. The molecule has 24 heavy (non-hydrogen) atoms. The van der Waals surface area contributed by atoms with Crippen LogP contribution in [0.3, 0.4) is 0 Å². The van der Waals surface area contributed by atoms with Gasteiger partial charge >= 0.3 is 0 Å². The summed E-state index contributed by atoms with van der Waals surface area (Å²) in [5.74, 6) is 2.57. The lowest BCUT2D eigenvalue weighted by Crippen LogP contribution is -2.26. The number of fused-ring (bicyclic) bond motifs is 3. The molecule has 0 aromatic carbocycles. The molecule has 0 amide bonds. The molecule has 1 saturated carbocycles. The molecule has 6 heteroatoms. The molecule has 122 valence electrons. The number of terminal acetylenes is 1. The molecule has 1 aliphatic rings. The van der Waals surface area contributed by atoms with Crippen molar-refractivity contribution in [1.82, 2.24) is 14.5 Å². The van der Waals surface area contributed by atoms with Crippen LogP contribution in [0.5, 0.6) is 0 Å². The number of anilines is 1. The fourth-order valence-corrected chi connectivity index (χ4v) is 4.54. The van der Waals surface area contributed by atoms with Crippen molar-refractivity contribution < 1.29 is 0 Å². The fourth-order valence-electron chi connectivity index (χ4n) is 3.48. The zero-order valence-electron chi connectivity index (χ0n) is 13.3. The normalized spacial score (nSPS) is 15.6. The Bertz CT molecular complexity index is 992. The first kappa shape index (κ1) is 15.2. The summed E-state index contributed by atoms with van der Waals surface area (Å²) in [6.45, 7) is 0.426. The quantitative estimate of drug-likeness (QED) is 0.742. The lowest BCUT2D eigenvalue weighted by atomic mass is 9.95. The van der Waals surface area contributed by atoms with Crippen LogP contribution in [0, 0.1) is 12.3 Å². The van der Waals surface area contributed by atoms with Gasteiger partial charge in [0.05, 0.1) is 23.8 Å². The van der Waals surface area contributed by atoms with Crippen LogP contribution in [0.2, 0.25) is 0 Å². The van der Waals surface area contributed by atoms with E-state index in [2.05, 4.69) is 21.2 Å². The summed E-state index contributed by atoms with van der Waals surface area (Å²) in [5.41, 5.74) is 1.66. The maximum Gasteiger partial charge on any atom is 0.271 e. The van der Waals surface area contributed by atoms with Crippen LogP contribution >= 0.6 is 11.3 Å². The number of rotatable bonds is 3. The molecule has 0 unspecified atom stereocenters. The molecule has 3 aromatic rings. The van der Waals surface area contributed by atoms with E-state index in [-0.39, 0.29) is 11.6 Å². The lowest BCUT2D eigenvalue weighted by molar-refractivity contribution is 0.345. The topological polar surface area (TPSA) is 59.8 Å². The van der Waals surface area contributed by atoms with Gasteiger partial charge in [0.1, 0.15) is 9.53 Å². The van der Waals surface area contributed by atoms with E-state index in [1.165, 1.54) is 30.6 Å². The minimum Gasteiger partial charge on any atom is -0.373 e. The Morgan fingerprint density at radius 2 is 2.17 bits per heavy atom. The van der Waals surface area contributed by atoms with E-state index >= 15 is 0 Å². The van der Waals surface area contributed by atoms with Crippen LogP contribution in [-0.4, -0.2) is 21.1 Å². The van der Waals surface area contributed by atoms with Gasteiger partial charge < -0.3 is 5.32 Å². The van der Waals surface area contributed by atoms with Crippen LogP contribution in [0.15, 0.2) is 23.4 Å². The smallest absolute Gasteiger partial charge is 0.271 e. The maximum absolute atomic E-state index is 13.0. The van der Waals surface area contributed by atoms with Gasteiger partial charge in [-0.1, -0.05) is 25.2 Å². The predicted octanol–water partition coefficient (Wildman–Crippen LogP) is 3.56. The second-order valence-corrected chi connectivity index (χ2v) is 7.12. The summed E-state index contributed by atoms with van der Waals surface area (Å²) in [6.07, 6.45) is 14.5. The van der Waals surface area contributed by atoms with Gasteiger partial charge in [0.25, 0.3) is 5.56 Å². The van der Waals surface area contributed by atoms with Gasteiger partial charge in [-0.15, -0.1) is 17.8 Å². The number of nitrogens with one attached hydrogen (secondary N) is 1. The van der Waals surface area contributed by atoms with Gasteiger partial charge in [0, 0.05) is 17.9 Å². The molecule has 0 saturated heterocycles. The Morgan fingerprint density at radius 1 is 1.33 bits per heavy atom. The molecule has 0 atom stereocenters. The Balaban J connectivity index is 1.89. The highest BCUT2D eigenvalue weighted by Gasteiger charge is 2.20. The summed E-state index contributed by atoms with van der Waals surface area (Å²) in [6, 6.07) is 2.15. The average Bonchev–Trinajstić information content (AvgIpc) is 3.01. The predicted molar refractivity (Wildman–Crippen MR) is 98.6 cm³/mol. The number of thiophene rings is 1. The molecule has 5 nitrogen and oxygen atoms in total. The van der Waals surface area contributed by atoms with E-state index in [0.29, 0.717) is 11.2 Å². The van der Waals surface area contributed by atoms with Crippen molar-refractivity contribution in [3.05, 3.63) is 28.9 Å². The molecule has 3 aromatic heterocycles. The molecule has 4 rings (SSSR count). The highest BCUT2D eigenvalue weighted by atomic mass is 32.1. The first-order valence-electron chi connectivity index (χ1n) is 8.25. The van der Waals surface area contributed by atoms with E-state index in [4.69, 9.17) is 6.42 Å². The maximum atomic E-state index is 13.0. The first-order chi connectivity index (χ1) is 11.8. The number of nitrogens with zero attached hydrogens (tertiary/aromatic N) is 3. The Kier molecular flexibility index (Phi) is 3.95. The van der Waals surface area contributed by atoms with Gasteiger partial charge in [-0.05, 0) is 18.9 Å². The van der Waals surface area contributed by atoms with E-state index in [0.717, 1.165) is 34.3 Å². The van der Waals surface area contributed by atoms with Crippen molar-refractivity contribution in [3.8, 4) is 12.3 Å². The van der Waals surface area contributed by atoms with Gasteiger partial charge in [-0.25, -0.2) is 9.97 Å². The number of pyridine rings is 1. The summed E-state index contributed by atoms with van der Waals surface area (Å²) < 4.78 is 2.51. The minimum absolute atomic E-state index is 0.0535. The molecule has 0 radical (unpaired) electrons. The van der Waals surface area contributed by atoms with Crippen LogP contribution in [0.25, 0.3) is 20.4 Å². The van der Waals surface area contributed by atoms with Crippen LogP contribution in [-0.2, 0) is 0 Å². The number of aromatic nitrogens is 3. The molecule has 3 heterocycles. The second-order valence-electron chi connectivity index (χ2n) is 6.12. The fraction of sp³-hybridized carbons (Fsp3) is 0.389. The van der Waals surface area contributed by atoms with Crippen molar-refractivity contribution in [3.63, 3.8) is 0 Å². The zero-order chi connectivity index (χ0) is 16.5. The van der Waals surface area contributed by atoms with Crippen molar-refractivity contribution in [1.29, 1.82) is 0 Å². The molecule has 0 spiro atoms. The number of hydrogen-bond acceptors (Lipinski definition) is 5. The van der Waals surface area contributed by atoms with Gasteiger partial charge in [-0.2, -0.15) is 0 Å². The van der Waals surface area contributed by atoms with Gasteiger partial charge in [-0.3, -0.25) is 9.36 Å². The molecular formula is C18H18N4OS. The van der Waals surface area contributed by atoms with Crippen LogP contribution in [0.4, 0.5) is 5.69 Å². The first-order valence-corrected chi connectivity index (χ1v) is 9.07. The van der Waals surface area contributed by atoms with Gasteiger partial charge in [0.15, 0.2) is 0 Å². The highest BCUT2D eigenvalue weighted by molar-refractivity contribution is 7.25. The summed E-state index contributed by atoms with van der Waals surface area (Å²) >= 11 is 1.42. The van der Waals surface area contributed by atoms with Crippen molar-refractivity contribution in [2.75, 3.05) is 11.9 Å². The van der Waals surface area contributed by atoms with Gasteiger partial charge in [0.2, 0.25) is 0 Å². The largest absolute Gasteiger partial charge is 0.373 e. The van der Waals surface area contributed by atoms with Crippen molar-refractivity contribution >= 4 is 37.5 Å². The molecule has 1 fully saturated rings. The summed E-state index contributed by atoms with van der Waals surface area (Å²) in [7, 11) is 0. The SMILES string of the molecule is C#CCNc1ccnc2sc3c(=O)n(C4CCCCC4)cnc3c12. The van der Waals surface area contributed by atoms with Crippen molar-refractivity contribution in [2.45, 2.75) is 38.1 Å². The molecule has 0 aliphatic heterocycles. The second kappa shape index (κ2) is 6.25.